The molecule has 0 saturated heterocycles. The van der Waals surface area contributed by atoms with Crippen LogP contribution in [-0.4, -0.2) is 6.67 Å². The zero-order valence-corrected chi connectivity index (χ0v) is 6.23. The molecule has 0 bridgehead atoms. The summed E-state index contributed by atoms with van der Waals surface area (Å²) in [5, 5.41) is 0. The van der Waals surface area contributed by atoms with Gasteiger partial charge in [0.15, 0.2) is 11.6 Å². The Hall–Kier alpha value is -1.03. The van der Waals surface area contributed by atoms with Gasteiger partial charge in [0, 0.05) is 0 Å². The Morgan fingerprint density at radius 3 is 2.42 bits per heavy atom. The molecule has 1 aromatic rings. The molecule has 0 aromatic heterocycles. The third-order valence-corrected chi connectivity index (χ3v) is 1.54. The molecule has 0 heterocycles. The fraction of sp³-hybridized carbons (Fsp3) is 0.250. The molecule has 0 spiro atoms. The summed E-state index contributed by atoms with van der Waals surface area (Å²) in [6.45, 7) is -0.787. The molecule has 4 heteroatoms. The first-order valence-corrected chi connectivity index (χ1v) is 3.41. The molecule has 0 aliphatic carbocycles. The van der Waals surface area contributed by atoms with Gasteiger partial charge >= 0.3 is 0 Å². The molecule has 0 aliphatic rings. The van der Waals surface area contributed by atoms with Crippen molar-refractivity contribution in [3.63, 3.8) is 0 Å². The van der Waals surface area contributed by atoms with Gasteiger partial charge in [-0.15, -0.1) is 0 Å². The van der Waals surface area contributed by atoms with Gasteiger partial charge in [0.25, 0.3) is 0 Å². The van der Waals surface area contributed by atoms with E-state index < -0.39 is 24.4 Å². The highest BCUT2D eigenvalue weighted by molar-refractivity contribution is 5.20. The van der Waals surface area contributed by atoms with Crippen molar-refractivity contribution in [1.29, 1.82) is 0 Å². The van der Waals surface area contributed by atoms with Crippen molar-refractivity contribution in [1.82, 2.24) is 0 Å². The lowest BCUT2D eigenvalue weighted by Crippen LogP contribution is -2.12. The molecule has 0 saturated carbocycles. The predicted molar refractivity (Wildman–Crippen MR) is 39.3 cm³/mol. The molecule has 1 aromatic carbocycles. The minimum absolute atomic E-state index is 0.261. The Balaban J connectivity index is 2.96. The number of hydrogen-bond donors (Lipinski definition) is 1. The summed E-state index contributed by atoms with van der Waals surface area (Å²) >= 11 is 0. The second kappa shape index (κ2) is 3.58. The summed E-state index contributed by atoms with van der Waals surface area (Å²) in [6, 6.07) is 2.22. The average molecular weight is 175 g/mol. The van der Waals surface area contributed by atoms with Crippen LogP contribution >= 0.6 is 0 Å². The summed E-state index contributed by atoms with van der Waals surface area (Å²) in [6.07, 6.45) is 0. The third-order valence-electron chi connectivity index (χ3n) is 1.54. The number of alkyl halides is 1. The number of halogens is 3. The van der Waals surface area contributed by atoms with E-state index in [1.165, 1.54) is 6.07 Å². The zero-order chi connectivity index (χ0) is 9.14. The molecule has 0 amide bonds. The highest BCUT2D eigenvalue weighted by Crippen LogP contribution is 2.14. The Morgan fingerprint density at radius 1 is 1.25 bits per heavy atom. The van der Waals surface area contributed by atoms with E-state index in [4.69, 9.17) is 5.73 Å². The van der Waals surface area contributed by atoms with E-state index in [1.54, 1.807) is 0 Å². The lowest BCUT2D eigenvalue weighted by atomic mass is 10.1. The Bertz CT molecular complexity index is 275. The van der Waals surface area contributed by atoms with Gasteiger partial charge < -0.3 is 5.73 Å². The van der Waals surface area contributed by atoms with Crippen LogP contribution in [0.3, 0.4) is 0 Å². The summed E-state index contributed by atoms with van der Waals surface area (Å²) < 4.78 is 36.8. The van der Waals surface area contributed by atoms with Crippen LogP contribution in [0.15, 0.2) is 18.2 Å². The molecule has 0 aliphatic heterocycles. The highest BCUT2D eigenvalue weighted by atomic mass is 19.2. The molecule has 1 atom stereocenters. The second-order valence-electron chi connectivity index (χ2n) is 2.43. The molecule has 12 heavy (non-hydrogen) atoms. The third kappa shape index (κ3) is 1.76. The fourth-order valence-corrected chi connectivity index (χ4v) is 0.832. The maximum absolute atomic E-state index is 12.5. The summed E-state index contributed by atoms with van der Waals surface area (Å²) in [5.74, 6) is -1.96. The normalized spacial score (nSPS) is 13.0. The topological polar surface area (TPSA) is 26.0 Å². The van der Waals surface area contributed by atoms with Gasteiger partial charge in [-0.3, -0.25) is 0 Å². The van der Waals surface area contributed by atoms with Crippen molar-refractivity contribution in [2.45, 2.75) is 6.04 Å². The maximum Gasteiger partial charge on any atom is 0.159 e. The molecule has 1 nitrogen and oxygen atoms in total. The first kappa shape index (κ1) is 9.06. The molecule has 1 rings (SSSR count). The van der Waals surface area contributed by atoms with Crippen LogP contribution < -0.4 is 5.73 Å². The maximum atomic E-state index is 12.5. The van der Waals surface area contributed by atoms with Crippen LogP contribution in [0.5, 0.6) is 0 Å². The van der Waals surface area contributed by atoms with E-state index in [9.17, 15) is 13.2 Å². The fourth-order valence-electron chi connectivity index (χ4n) is 0.832. The Labute approximate surface area is 68.0 Å². The van der Waals surface area contributed by atoms with Gasteiger partial charge in [-0.25, -0.2) is 13.2 Å². The van der Waals surface area contributed by atoms with Gasteiger partial charge in [-0.05, 0) is 17.7 Å². The number of benzene rings is 1. The molecule has 2 N–H and O–H groups in total. The molecule has 1 unspecified atom stereocenters. The Kier molecular flexibility index (Phi) is 2.70. The minimum Gasteiger partial charge on any atom is -0.322 e. The van der Waals surface area contributed by atoms with Crippen LogP contribution in [0, 0.1) is 11.6 Å². The molecule has 0 radical (unpaired) electrons. The number of nitrogens with two attached hydrogens (primary N) is 1. The van der Waals surface area contributed by atoms with E-state index in [2.05, 4.69) is 0 Å². The summed E-state index contributed by atoms with van der Waals surface area (Å²) in [7, 11) is 0. The monoisotopic (exact) mass is 175 g/mol. The van der Waals surface area contributed by atoms with Gasteiger partial charge in [0.05, 0.1) is 6.04 Å². The van der Waals surface area contributed by atoms with E-state index in [0.717, 1.165) is 12.1 Å². The van der Waals surface area contributed by atoms with Crippen molar-refractivity contribution in [2.75, 3.05) is 6.67 Å². The first-order chi connectivity index (χ1) is 5.65. The second-order valence-corrected chi connectivity index (χ2v) is 2.43. The number of hydrogen-bond acceptors (Lipinski definition) is 1. The van der Waals surface area contributed by atoms with Crippen molar-refractivity contribution < 1.29 is 13.2 Å². The quantitative estimate of drug-likeness (QED) is 0.730. The number of rotatable bonds is 2. The smallest absolute Gasteiger partial charge is 0.159 e. The van der Waals surface area contributed by atoms with Crippen molar-refractivity contribution >= 4 is 0 Å². The predicted octanol–water partition coefficient (Wildman–Crippen LogP) is 1.93. The molecule has 0 fully saturated rings. The average Bonchev–Trinajstić information content (AvgIpc) is 2.08. The van der Waals surface area contributed by atoms with Gasteiger partial charge in [-0.1, -0.05) is 6.07 Å². The van der Waals surface area contributed by atoms with Gasteiger partial charge in [-0.2, -0.15) is 0 Å². The van der Waals surface area contributed by atoms with Crippen LogP contribution in [0.1, 0.15) is 11.6 Å². The standard InChI is InChI=1S/C8H8F3N/c9-4-8(12)5-1-2-6(10)7(11)3-5/h1-3,8H,4,12H2. The molecular formula is C8H8F3N. The van der Waals surface area contributed by atoms with Gasteiger partial charge in [0.2, 0.25) is 0 Å². The van der Waals surface area contributed by atoms with Crippen molar-refractivity contribution in [3.05, 3.63) is 35.4 Å². The van der Waals surface area contributed by atoms with Crippen LogP contribution in [-0.2, 0) is 0 Å². The SMILES string of the molecule is NC(CF)c1ccc(F)c(F)c1. The Morgan fingerprint density at radius 2 is 1.92 bits per heavy atom. The first-order valence-electron chi connectivity index (χ1n) is 3.41. The van der Waals surface area contributed by atoms with Crippen LogP contribution in [0.2, 0.25) is 0 Å². The van der Waals surface area contributed by atoms with Crippen molar-refractivity contribution in [3.8, 4) is 0 Å². The highest BCUT2D eigenvalue weighted by Gasteiger charge is 2.08. The molecule has 66 valence electrons. The van der Waals surface area contributed by atoms with E-state index in [-0.39, 0.29) is 5.56 Å². The lowest BCUT2D eigenvalue weighted by Gasteiger charge is -2.06. The minimum atomic E-state index is -1.00. The lowest BCUT2D eigenvalue weighted by molar-refractivity contribution is 0.434. The van der Waals surface area contributed by atoms with E-state index in [1.807, 2.05) is 0 Å². The summed E-state index contributed by atoms with van der Waals surface area (Å²) in [4.78, 5) is 0. The van der Waals surface area contributed by atoms with Crippen LogP contribution in [0.25, 0.3) is 0 Å². The van der Waals surface area contributed by atoms with E-state index in [0.29, 0.717) is 0 Å². The summed E-state index contributed by atoms with van der Waals surface area (Å²) in [5.41, 5.74) is 5.51. The van der Waals surface area contributed by atoms with Crippen molar-refractivity contribution in [2.24, 2.45) is 5.73 Å². The molecular weight excluding hydrogens is 167 g/mol. The zero-order valence-electron chi connectivity index (χ0n) is 6.23. The van der Waals surface area contributed by atoms with Crippen LogP contribution in [0.4, 0.5) is 13.2 Å². The van der Waals surface area contributed by atoms with E-state index >= 15 is 0 Å². The largest absolute Gasteiger partial charge is 0.322 e. The van der Waals surface area contributed by atoms with Gasteiger partial charge in [0.1, 0.15) is 6.67 Å².